The van der Waals surface area contributed by atoms with Crippen molar-refractivity contribution in [3.8, 4) is 0 Å². The molecule has 0 fully saturated rings. The standard InChI is InChI=1S/C14H20N6O/c1-11(15-2)12-4-3-5-13(10-12)18-14(21)16-6-8-20-9-7-17-19-20/h3-5,7,9-11,15H,6,8H2,1-2H3,(H2,16,18,21). The van der Waals surface area contributed by atoms with Crippen LogP contribution < -0.4 is 16.0 Å². The maximum Gasteiger partial charge on any atom is 0.319 e. The van der Waals surface area contributed by atoms with Gasteiger partial charge in [-0.2, -0.15) is 0 Å². The minimum atomic E-state index is -0.232. The van der Waals surface area contributed by atoms with Gasteiger partial charge in [-0.25, -0.2) is 4.79 Å². The number of anilines is 1. The predicted octanol–water partition coefficient (Wildman–Crippen LogP) is 1.38. The summed E-state index contributed by atoms with van der Waals surface area (Å²) in [5.41, 5.74) is 1.89. The van der Waals surface area contributed by atoms with Crippen molar-refractivity contribution < 1.29 is 4.79 Å². The lowest BCUT2D eigenvalue weighted by Crippen LogP contribution is -2.31. The number of hydrogen-bond acceptors (Lipinski definition) is 4. The van der Waals surface area contributed by atoms with Gasteiger partial charge >= 0.3 is 6.03 Å². The molecule has 0 bridgehead atoms. The molecule has 0 saturated carbocycles. The Labute approximate surface area is 123 Å². The maximum absolute atomic E-state index is 11.8. The van der Waals surface area contributed by atoms with Gasteiger partial charge in [-0.05, 0) is 31.7 Å². The normalized spacial score (nSPS) is 11.9. The Morgan fingerprint density at radius 3 is 3.00 bits per heavy atom. The molecule has 2 rings (SSSR count). The van der Waals surface area contributed by atoms with Crippen LogP contribution in [0.2, 0.25) is 0 Å². The maximum atomic E-state index is 11.8. The van der Waals surface area contributed by atoms with Gasteiger partial charge in [0.15, 0.2) is 0 Å². The van der Waals surface area contributed by atoms with E-state index in [-0.39, 0.29) is 12.1 Å². The number of carbonyl (C=O) groups is 1. The second-order valence-corrected chi connectivity index (χ2v) is 4.68. The zero-order valence-corrected chi connectivity index (χ0v) is 12.2. The Bertz CT molecular complexity index is 569. The number of urea groups is 1. The summed E-state index contributed by atoms with van der Waals surface area (Å²) in [4.78, 5) is 11.8. The van der Waals surface area contributed by atoms with Crippen molar-refractivity contribution in [2.45, 2.75) is 19.5 Å². The molecule has 1 aromatic heterocycles. The van der Waals surface area contributed by atoms with Crippen molar-refractivity contribution in [2.24, 2.45) is 0 Å². The molecule has 3 N–H and O–H groups in total. The zero-order valence-electron chi connectivity index (χ0n) is 12.2. The van der Waals surface area contributed by atoms with Crippen molar-refractivity contribution in [3.05, 3.63) is 42.2 Å². The lowest BCUT2D eigenvalue weighted by molar-refractivity contribution is 0.251. The summed E-state index contributed by atoms with van der Waals surface area (Å²) >= 11 is 0. The van der Waals surface area contributed by atoms with Crippen molar-refractivity contribution in [1.82, 2.24) is 25.6 Å². The summed E-state index contributed by atoms with van der Waals surface area (Å²) in [5.74, 6) is 0. The molecule has 7 heteroatoms. The molecule has 0 aliphatic carbocycles. The molecule has 21 heavy (non-hydrogen) atoms. The van der Waals surface area contributed by atoms with Crippen LogP contribution in [0.25, 0.3) is 0 Å². The molecule has 1 aromatic carbocycles. The first-order valence-electron chi connectivity index (χ1n) is 6.85. The lowest BCUT2D eigenvalue weighted by atomic mass is 10.1. The number of benzene rings is 1. The number of nitrogens with zero attached hydrogens (tertiary/aromatic N) is 3. The Balaban J connectivity index is 1.82. The van der Waals surface area contributed by atoms with E-state index < -0.39 is 0 Å². The van der Waals surface area contributed by atoms with E-state index >= 15 is 0 Å². The van der Waals surface area contributed by atoms with Crippen LogP contribution in [0.1, 0.15) is 18.5 Å². The highest BCUT2D eigenvalue weighted by atomic mass is 16.2. The van der Waals surface area contributed by atoms with Crippen molar-refractivity contribution in [3.63, 3.8) is 0 Å². The average molecular weight is 288 g/mol. The smallest absolute Gasteiger partial charge is 0.319 e. The third kappa shape index (κ3) is 4.57. The topological polar surface area (TPSA) is 83.9 Å². The van der Waals surface area contributed by atoms with Gasteiger partial charge in [0.25, 0.3) is 0 Å². The predicted molar refractivity (Wildman–Crippen MR) is 81.0 cm³/mol. The average Bonchev–Trinajstić information content (AvgIpc) is 3.00. The molecule has 2 amide bonds. The molecule has 1 atom stereocenters. The van der Waals surface area contributed by atoms with Crippen molar-refractivity contribution >= 4 is 11.7 Å². The molecule has 0 saturated heterocycles. The Morgan fingerprint density at radius 2 is 2.29 bits per heavy atom. The van der Waals surface area contributed by atoms with Gasteiger partial charge in [-0.15, -0.1) is 5.10 Å². The SMILES string of the molecule is CNC(C)c1cccc(NC(=O)NCCn2ccnn2)c1. The minimum absolute atomic E-state index is 0.232. The van der Waals surface area contributed by atoms with Gasteiger partial charge in [-0.3, -0.25) is 4.68 Å². The Morgan fingerprint density at radius 1 is 1.43 bits per heavy atom. The first-order valence-corrected chi connectivity index (χ1v) is 6.85. The molecular weight excluding hydrogens is 268 g/mol. The number of amides is 2. The van der Waals surface area contributed by atoms with E-state index in [1.165, 1.54) is 0 Å². The van der Waals surface area contributed by atoms with Crippen LogP contribution in [0.3, 0.4) is 0 Å². The summed E-state index contributed by atoms with van der Waals surface area (Å²) in [6, 6.07) is 7.77. The highest BCUT2D eigenvalue weighted by molar-refractivity contribution is 5.89. The summed E-state index contributed by atoms with van der Waals surface area (Å²) in [6.07, 6.45) is 3.36. The zero-order chi connectivity index (χ0) is 15.1. The van der Waals surface area contributed by atoms with Crippen LogP contribution in [0.4, 0.5) is 10.5 Å². The van der Waals surface area contributed by atoms with E-state index in [0.29, 0.717) is 13.1 Å². The van der Waals surface area contributed by atoms with Gasteiger partial charge in [0.2, 0.25) is 0 Å². The van der Waals surface area contributed by atoms with E-state index in [1.807, 2.05) is 31.3 Å². The third-order valence-corrected chi connectivity index (χ3v) is 3.18. The summed E-state index contributed by atoms with van der Waals surface area (Å²) in [6.45, 7) is 3.14. The van der Waals surface area contributed by atoms with Crippen LogP contribution >= 0.6 is 0 Å². The highest BCUT2D eigenvalue weighted by Gasteiger charge is 2.05. The lowest BCUT2D eigenvalue weighted by Gasteiger charge is -2.13. The number of hydrogen-bond donors (Lipinski definition) is 3. The van der Waals surface area contributed by atoms with E-state index in [2.05, 4.69) is 33.2 Å². The molecule has 0 radical (unpaired) electrons. The number of nitrogens with one attached hydrogen (secondary N) is 3. The molecule has 1 heterocycles. The number of rotatable bonds is 6. The molecule has 0 spiro atoms. The third-order valence-electron chi connectivity index (χ3n) is 3.18. The minimum Gasteiger partial charge on any atom is -0.336 e. The summed E-state index contributed by atoms with van der Waals surface area (Å²) in [7, 11) is 1.90. The quantitative estimate of drug-likeness (QED) is 0.750. The van der Waals surface area contributed by atoms with E-state index in [1.54, 1.807) is 17.1 Å². The second-order valence-electron chi connectivity index (χ2n) is 4.68. The molecule has 2 aromatic rings. The fourth-order valence-electron chi connectivity index (χ4n) is 1.86. The summed E-state index contributed by atoms with van der Waals surface area (Å²) < 4.78 is 1.66. The molecule has 112 valence electrons. The van der Waals surface area contributed by atoms with Gasteiger partial charge in [-0.1, -0.05) is 17.3 Å². The van der Waals surface area contributed by atoms with Gasteiger partial charge in [0.1, 0.15) is 0 Å². The first kappa shape index (κ1) is 15.0. The number of carbonyl (C=O) groups excluding carboxylic acids is 1. The Hall–Kier alpha value is -2.41. The largest absolute Gasteiger partial charge is 0.336 e. The fourth-order valence-corrected chi connectivity index (χ4v) is 1.86. The van der Waals surface area contributed by atoms with Gasteiger partial charge < -0.3 is 16.0 Å². The molecule has 7 nitrogen and oxygen atoms in total. The van der Waals surface area contributed by atoms with Crippen LogP contribution in [0.5, 0.6) is 0 Å². The monoisotopic (exact) mass is 288 g/mol. The summed E-state index contributed by atoms with van der Waals surface area (Å²) in [5, 5.41) is 16.3. The second kappa shape index (κ2) is 7.39. The Kier molecular flexibility index (Phi) is 5.28. The van der Waals surface area contributed by atoms with Crippen LogP contribution in [-0.2, 0) is 6.54 Å². The van der Waals surface area contributed by atoms with E-state index in [4.69, 9.17) is 0 Å². The van der Waals surface area contributed by atoms with Crippen LogP contribution in [0, 0.1) is 0 Å². The first-order chi connectivity index (χ1) is 10.2. The molecule has 0 aliphatic rings. The molecular formula is C14H20N6O. The van der Waals surface area contributed by atoms with Crippen LogP contribution in [0.15, 0.2) is 36.7 Å². The van der Waals surface area contributed by atoms with Crippen LogP contribution in [-0.4, -0.2) is 34.6 Å². The van der Waals surface area contributed by atoms with E-state index in [0.717, 1.165) is 11.3 Å². The van der Waals surface area contributed by atoms with Gasteiger partial charge in [0.05, 0.1) is 12.7 Å². The number of aromatic nitrogens is 3. The van der Waals surface area contributed by atoms with Gasteiger partial charge in [0, 0.05) is 24.5 Å². The van der Waals surface area contributed by atoms with E-state index in [9.17, 15) is 4.79 Å². The molecule has 1 unspecified atom stereocenters. The van der Waals surface area contributed by atoms with Crippen molar-refractivity contribution in [2.75, 3.05) is 18.9 Å². The fraction of sp³-hybridized carbons (Fsp3) is 0.357. The van der Waals surface area contributed by atoms with Crippen molar-refractivity contribution in [1.29, 1.82) is 0 Å². The highest BCUT2D eigenvalue weighted by Crippen LogP contribution is 2.16. The molecule has 0 aliphatic heterocycles.